The fourth-order valence-electron chi connectivity index (χ4n) is 8.18. The second-order valence-electron chi connectivity index (χ2n) is 17.9. The van der Waals surface area contributed by atoms with Crippen LogP contribution in [-0.2, 0) is 35.2 Å². The highest BCUT2D eigenvalue weighted by Gasteiger charge is 2.41. The fourth-order valence-corrected chi connectivity index (χ4v) is 8.67. The number of benzene rings is 4. The number of rotatable bonds is 17. The van der Waals surface area contributed by atoms with Gasteiger partial charge in [0, 0.05) is 48.1 Å². The van der Waals surface area contributed by atoms with Crippen molar-refractivity contribution >= 4 is 64.4 Å². The van der Waals surface area contributed by atoms with Crippen molar-refractivity contribution in [3.05, 3.63) is 145 Å². The molecule has 392 valence electrons. The van der Waals surface area contributed by atoms with Gasteiger partial charge in [0.25, 0.3) is 5.69 Å². The molecule has 0 radical (unpaired) electrons. The van der Waals surface area contributed by atoms with E-state index in [1.807, 2.05) is 83.1 Å². The summed E-state index contributed by atoms with van der Waals surface area (Å²) >= 11 is 12.0. The SMILES string of the molecule is CCCCC(=O)N(Cc1ccc(-c2ccccc2-c2nn[nH]n2)cc1)[C@H](C(=O)O)C(C)C.COC(=O)C1=C(C)NC(C)=C(C(=O)OCC(C)C)C1c1ccccc1[N+](=O)[O-].Clc1cccc(Cl)c1NC1=NCCN1. The number of halogens is 2. The minimum Gasteiger partial charge on any atom is -0.480 e. The van der Waals surface area contributed by atoms with E-state index < -0.39 is 34.8 Å². The number of nitrogens with one attached hydrogen (secondary N) is 4. The Kier molecular flexibility index (Phi) is 21.2. The Labute approximate surface area is 440 Å². The van der Waals surface area contributed by atoms with Crippen LogP contribution in [0.2, 0.25) is 10.0 Å². The van der Waals surface area contributed by atoms with Crippen LogP contribution < -0.4 is 16.0 Å². The van der Waals surface area contributed by atoms with Crippen molar-refractivity contribution < 1.29 is 38.7 Å². The molecule has 2 atom stereocenters. The molecule has 4 aromatic carbocycles. The number of aliphatic imine (C=N–C) groups is 1. The van der Waals surface area contributed by atoms with Gasteiger partial charge in [0.2, 0.25) is 11.7 Å². The van der Waals surface area contributed by atoms with Crippen molar-refractivity contribution in [1.29, 1.82) is 0 Å². The van der Waals surface area contributed by atoms with Crippen LogP contribution in [0.1, 0.15) is 84.8 Å². The van der Waals surface area contributed by atoms with Crippen LogP contribution in [0.25, 0.3) is 22.5 Å². The third-order valence-corrected chi connectivity index (χ3v) is 12.3. The average molecular weight is 1050 g/mol. The van der Waals surface area contributed by atoms with E-state index in [4.69, 9.17) is 32.7 Å². The summed E-state index contributed by atoms with van der Waals surface area (Å²) in [5.74, 6) is -2.23. The molecule has 7 rings (SSSR count). The minimum atomic E-state index is -0.977. The van der Waals surface area contributed by atoms with E-state index in [2.05, 4.69) is 41.6 Å². The van der Waals surface area contributed by atoms with Gasteiger partial charge in [-0.15, -0.1) is 10.2 Å². The van der Waals surface area contributed by atoms with Gasteiger partial charge < -0.3 is 35.4 Å². The third kappa shape index (κ3) is 15.0. The predicted molar refractivity (Wildman–Crippen MR) is 284 cm³/mol. The van der Waals surface area contributed by atoms with Crippen LogP contribution in [0, 0.1) is 22.0 Å². The zero-order valence-electron chi connectivity index (χ0n) is 42.6. The van der Waals surface area contributed by atoms with Gasteiger partial charge in [-0.2, -0.15) is 5.21 Å². The van der Waals surface area contributed by atoms with Gasteiger partial charge >= 0.3 is 17.9 Å². The summed E-state index contributed by atoms with van der Waals surface area (Å²) in [5.41, 5.74) is 5.63. The van der Waals surface area contributed by atoms with Gasteiger partial charge in [-0.1, -0.05) is 137 Å². The highest BCUT2D eigenvalue weighted by molar-refractivity contribution is 6.39. The number of dihydropyridines is 1. The number of ether oxygens (including phenoxy) is 2. The molecule has 0 saturated heterocycles. The van der Waals surface area contributed by atoms with Gasteiger partial charge in [0.05, 0.1) is 58.0 Å². The number of amides is 1. The van der Waals surface area contributed by atoms with Gasteiger partial charge in [0.1, 0.15) is 6.04 Å². The number of nitro benzene ring substituents is 1. The lowest BCUT2D eigenvalue weighted by Crippen LogP contribution is -2.47. The number of nitro groups is 1. The van der Waals surface area contributed by atoms with Gasteiger partial charge in [-0.05, 0) is 66.1 Å². The van der Waals surface area contributed by atoms with Crippen LogP contribution in [0.5, 0.6) is 0 Å². The van der Waals surface area contributed by atoms with Crippen molar-refractivity contribution in [3.63, 3.8) is 0 Å². The number of anilines is 1. The van der Waals surface area contributed by atoms with Crippen molar-refractivity contribution in [2.75, 3.05) is 32.1 Å². The van der Waals surface area contributed by atoms with Gasteiger partial charge in [-0.25, -0.2) is 14.4 Å². The minimum absolute atomic E-state index is 0.114. The Morgan fingerprint density at radius 2 is 1.53 bits per heavy atom. The van der Waals surface area contributed by atoms with Gasteiger partial charge in [0.15, 0.2) is 5.96 Å². The third-order valence-electron chi connectivity index (χ3n) is 11.7. The lowest BCUT2D eigenvalue weighted by Gasteiger charge is -2.32. The molecule has 5 N–H and O–H groups in total. The highest BCUT2D eigenvalue weighted by Crippen LogP contribution is 2.42. The summed E-state index contributed by atoms with van der Waals surface area (Å²) in [6.07, 6.45) is 1.97. The molecule has 3 heterocycles. The molecule has 0 fully saturated rings. The second kappa shape index (κ2) is 27.4. The van der Waals surface area contributed by atoms with Crippen LogP contribution in [0.15, 0.2) is 119 Å². The Balaban J connectivity index is 0.000000220. The molecular formula is C53H62Cl2N10O9. The number of para-hydroxylation sites is 2. The number of tetrazole rings is 1. The van der Waals surface area contributed by atoms with Crippen molar-refractivity contribution in [1.82, 2.24) is 36.2 Å². The van der Waals surface area contributed by atoms with Crippen LogP contribution in [0.4, 0.5) is 11.4 Å². The molecule has 1 amide bonds. The monoisotopic (exact) mass is 1050 g/mol. The molecule has 2 aliphatic rings. The quantitative estimate of drug-likeness (QED) is 0.0330. The number of nitrogens with zero attached hydrogens (tertiary/aromatic N) is 6. The number of H-pyrrole nitrogens is 1. The molecular weight excluding hydrogens is 992 g/mol. The zero-order valence-corrected chi connectivity index (χ0v) is 44.1. The molecule has 1 aromatic heterocycles. The number of hydrogen-bond donors (Lipinski definition) is 5. The number of aromatic nitrogens is 4. The molecule has 0 spiro atoms. The number of carbonyl (C=O) groups is 4. The van der Waals surface area contributed by atoms with Crippen LogP contribution in [0.3, 0.4) is 0 Å². The van der Waals surface area contributed by atoms with Crippen LogP contribution in [-0.4, -0.2) is 98.2 Å². The van der Waals surface area contributed by atoms with E-state index in [1.165, 1.54) is 30.2 Å². The standard InChI is InChI=1S/C24H29N5O3.C20H24N2O6.C9H9Cl2N3/c1-4-5-10-21(30)29(22(16(2)3)24(31)32)15-17-11-13-18(14-12-17)19-8-6-7-9-20(19)23-25-27-28-26-23;1-11(2)10-28-20(24)17-13(4)21-12(3)16(19(23)27-5)18(17)14-8-6-7-9-15(14)22(25)26;10-6-2-1-3-7(11)8(6)14-9-12-4-5-13-9/h6-9,11-14,16,22H,4-5,10,15H2,1-3H3,(H,31,32)(H,25,26,27,28);6-9,11,18,21H,10H2,1-5H3;1-3H,4-5H2,(H2,12,13,14)/t22-;;/m0../s1. The first-order chi connectivity index (χ1) is 35.4. The normalized spacial score (nSPS) is 14.3. The number of aliphatic carboxylic acids is 1. The number of carbonyl (C=O) groups excluding carboxylic acids is 3. The number of esters is 2. The van der Waals surface area contributed by atoms with Crippen LogP contribution >= 0.6 is 23.2 Å². The predicted octanol–water partition coefficient (Wildman–Crippen LogP) is 9.73. The molecule has 1 unspecified atom stereocenters. The average Bonchev–Trinajstić information content (AvgIpc) is 4.12. The first kappa shape index (κ1) is 57.3. The number of unbranched alkanes of at least 4 members (excludes halogenated alkanes) is 1. The van der Waals surface area contributed by atoms with Gasteiger partial charge in [-0.3, -0.25) is 19.9 Å². The van der Waals surface area contributed by atoms with Crippen molar-refractivity contribution in [2.45, 2.75) is 86.2 Å². The molecule has 74 heavy (non-hydrogen) atoms. The maximum absolute atomic E-state index is 12.9. The van der Waals surface area contributed by atoms with E-state index in [-0.39, 0.29) is 53.3 Å². The van der Waals surface area contributed by atoms with E-state index in [0.717, 1.165) is 54.1 Å². The molecule has 0 bridgehead atoms. The first-order valence-corrected chi connectivity index (χ1v) is 24.7. The molecule has 21 heteroatoms. The Bertz CT molecular complexity index is 2850. The summed E-state index contributed by atoms with van der Waals surface area (Å²) in [5, 5.41) is 45.9. The summed E-state index contributed by atoms with van der Waals surface area (Å²) in [6.45, 7) is 14.9. The molecule has 0 aliphatic carbocycles. The number of guanidine groups is 1. The molecule has 5 aromatic rings. The topological polar surface area (TPSA) is 256 Å². The Hall–Kier alpha value is -7.64. The summed E-state index contributed by atoms with van der Waals surface area (Å²) in [7, 11) is 1.22. The highest BCUT2D eigenvalue weighted by atomic mass is 35.5. The number of methoxy groups -OCH3 is 1. The number of aromatic amines is 1. The number of carboxylic acid groups (broad SMARTS) is 1. The maximum Gasteiger partial charge on any atom is 0.336 e. The van der Waals surface area contributed by atoms with E-state index in [9.17, 15) is 34.4 Å². The fraction of sp³-hybridized carbons (Fsp3) is 0.358. The summed E-state index contributed by atoms with van der Waals surface area (Å²) < 4.78 is 10.3. The summed E-state index contributed by atoms with van der Waals surface area (Å²) in [6, 6.07) is 26.1. The van der Waals surface area contributed by atoms with Crippen molar-refractivity contribution in [2.24, 2.45) is 16.8 Å². The van der Waals surface area contributed by atoms with E-state index in [0.29, 0.717) is 39.4 Å². The number of hydrogen-bond acceptors (Lipinski definition) is 15. The zero-order chi connectivity index (χ0) is 54.1. The van der Waals surface area contributed by atoms with E-state index >= 15 is 0 Å². The largest absolute Gasteiger partial charge is 0.480 e. The molecule has 0 saturated carbocycles. The first-order valence-electron chi connectivity index (χ1n) is 24.0. The van der Waals surface area contributed by atoms with E-state index in [1.54, 1.807) is 38.1 Å². The molecule has 2 aliphatic heterocycles. The summed E-state index contributed by atoms with van der Waals surface area (Å²) in [4.78, 5) is 66.9. The maximum atomic E-state index is 12.9. The lowest BCUT2D eigenvalue weighted by molar-refractivity contribution is -0.385. The Morgan fingerprint density at radius 1 is 0.892 bits per heavy atom. The Morgan fingerprint density at radius 3 is 2.08 bits per heavy atom. The second-order valence-corrected chi connectivity index (χ2v) is 18.8. The van der Waals surface area contributed by atoms with Crippen molar-refractivity contribution in [3.8, 4) is 22.5 Å². The number of carboxylic acids is 1. The lowest BCUT2D eigenvalue weighted by atomic mass is 9.79. The molecule has 19 nitrogen and oxygen atoms in total. The number of allylic oxidation sites excluding steroid dienone is 2. The smallest absolute Gasteiger partial charge is 0.336 e.